The molecule has 2 aliphatic rings. The van der Waals surface area contributed by atoms with Crippen LogP contribution >= 0.6 is 9.24 Å². The van der Waals surface area contributed by atoms with Gasteiger partial charge in [0.25, 0.3) is 11.2 Å². The van der Waals surface area contributed by atoms with Gasteiger partial charge in [0.15, 0.2) is 0 Å². The molecule has 0 spiro atoms. The van der Waals surface area contributed by atoms with E-state index in [9.17, 15) is 26.7 Å². The third-order valence-corrected chi connectivity index (χ3v) is 6.79. The van der Waals surface area contributed by atoms with Gasteiger partial charge in [0.1, 0.15) is 0 Å². The molecule has 1 N–H and O–H groups in total. The van der Waals surface area contributed by atoms with Crippen molar-refractivity contribution in [2.24, 2.45) is 0 Å². The number of alkyl halides is 5. The fraction of sp³-hybridized carbons (Fsp3) is 0.360. The summed E-state index contributed by atoms with van der Waals surface area (Å²) < 4.78 is 66.0. The number of hydrogen-bond acceptors (Lipinski definition) is 6. The summed E-state index contributed by atoms with van der Waals surface area (Å²) in [5.41, 5.74) is -1.21. The Bertz CT molecular complexity index is 1400. The molecular formula is C25H24F5N6OP. The monoisotopic (exact) mass is 550 g/mol. The maximum atomic E-state index is 13.8. The number of benzene rings is 1. The Morgan fingerprint density at radius 2 is 1.68 bits per heavy atom. The molecule has 3 heterocycles. The van der Waals surface area contributed by atoms with Crippen LogP contribution in [0.3, 0.4) is 0 Å². The summed E-state index contributed by atoms with van der Waals surface area (Å²) in [5.74, 6) is 0.268. The number of aromatic nitrogens is 4. The molecule has 3 aromatic rings. The second kappa shape index (κ2) is 10.1. The van der Waals surface area contributed by atoms with Crippen LogP contribution in [0.4, 0.5) is 27.9 Å². The minimum Gasteiger partial charge on any atom is -0.368 e. The van der Waals surface area contributed by atoms with E-state index in [4.69, 9.17) is 0 Å². The van der Waals surface area contributed by atoms with Crippen LogP contribution in [-0.4, -0.2) is 51.2 Å². The number of piperazine rings is 1. The summed E-state index contributed by atoms with van der Waals surface area (Å²) in [6, 6.07) is 8.90. The van der Waals surface area contributed by atoms with Crippen molar-refractivity contribution in [1.29, 1.82) is 0 Å². The van der Waals surface area contributed by atoms with Gasteiger partial charge in [-0.25, -0.2) is 15.1 Å². The fourth-order valence-electron chi connectivity index (χ4n) is 4.49. The zero-order valence-electron chi connectivity index (χ0n) is 20.1. The van der Waals surface area contributed by atoms with Crippen LogP contribution in [0.25, 0.3) is 5.70 Å². The smallest absolute Gasteiger partial charge is 0.368 e. The molecule has 1 aromatic carbocycles. The Balaban J connectivity index is 1.30. The first kappa shape index (κ1) is 26.2. The first-order valence-electron chi connectivity index (χ1n) is 12.0. The molecule has 2 fully saturated rings. The van der Waals surface area contributed by atoms with Crippen molar-refractivity contribution in [3.8, 4) is 0 Å². The molecule has 38 heavy (non-hydrogen) atoms. The highest BCUT2D eigenvalue weighted by molar-refractivity contribution is 7.17. The zero-order chi connectivity index (χ0) is 27.1. The van der Waals surface area contributed by atoms with Gasteiger partial charge in [0.2, 0.25) is 5.95 Å². The Kier molecular flexibility index (Phi) is 6.94. The van der Waals surface area contributed by atoms with Gasteiger partial charge in [0, 0.05) is 50.7 Å². The predicted molar refractivity (Wildman–Crippen MR) is 135 cm³/mol. The van der Waals surface area contributed by atoms with Gasteiger partial charge in [-0.3, -0.25) is 4.79 Å². The van der Waals surface area contributed by atoms with Crippen LogP contribution in [0.1, 0.15) is 40.8 Å². The van der Waals surface area contributed by atoms with Crippen molar-refractivity contribution in [1.82, 2.24) is 25.1 Å². The second-order valence-electron chi connectivity index (χ2n) is 9.30. The van der Waals surface area contributed by atoms with Gasteiger partial charge in [-0.2, -0.15) is 27.1 Å². The van der Waals surface area contributed by atoms with Crippen LogP contribution in [0.15, 0.2) is 53.1 Å². The van der Waals surface area contributed by atoms with E-state index in [-0.39, 0.29) is 12.4 Å². The lowest BCUT2D eigenvalue weighted by atomic mass is 10.0. The summed E-state index contributed by atoms with van der Waals surface area (Å²) in [6.07, 6.45) is -0.643. The number of hydrogen-bond donors (Lipinski definition) is 1. The first-order chi connectivity index (χ1) is 18.0. The second-order valence-corrected chi connectivity index (χ2v) is 10.0. The van der Waals surface area contributed by atoms with Crippen molar-refractivity contribution in [2.45, 2.75) is 31.1 Å². The Morgan fingerprint density at radius 3 is 2.29 bits per heavy atom. The Hall–Kier alpha value is -3.40. The average molecular weight is 550 g/mol. The minimum absolute atomic E-state index is 0.264. The van der Waals surface area contributed by atoms with Gasteiger partial charge in [-0.05, 0) is 41.7 Å². The van der Waals surface area contributed by atoms with Gasteiger partial charge >= 0.3 is 6.18 Å². The maximum Gasteiger partial charge on any atom is 0.419 e. The molecule has 1 aliphatic heterocycles. The molecule has 1 aliphatic carbocycles. The third-order valence-electron chi connectivity index (χ3n) is 6.48. The molecule has 1 saturated carbocycles. The van der Waals surface area contributed by atoms with E-state index >= 15 is 0 Å². The molecule has 200 valence electrons. The standard InChI is InChI=1S/C25H24F5N6OP/c26-24(27,28)18-13-31-23(32-14-18)36-8-6-35(7-9-36)21(16-4-5-16)17-3-1-2-15(10-17)11-19-12-20(25(29,30)38)22(37)34-33-19/h1-3,10,12-14H,4-9,11,38H2,(H,34,37). The lowest BCUT2D eigenvalue weighted by Crippen LogP contribution is -2.46. The largest absolute Gasteiger partial charge is 0.419 e. The number of allylic oxidation sites excluding steroid dienone is 1. The summed E-state index contributed by atoms with van der Waals surface area (Å²) >= 11 is 0. The normalized spacial score (nSPS) is 16.1. The summed E-state index contributed by atoms with van der Waals surface area (Å²) in [7, 11) is 1.37. The number of rotatable bonds is 6. The first-order valence-corrected chi connectivity index (χ1v) is 12.5. The number of aromatic amines is 1. The quantitative estimate of drug-likeness (QED) is 0.362. The highest BCUT2D eigenvalue weighted by Crippen LogP contribution is 2.39. The molecule has 7 nitrogen and oxygen atoms in total. The van der Waals surface area contributed by atoms with Crippen LogP contribution in [0.5, 0.6) is 0 Å². The van der Waals surface area contributed by atoms with E-state index in [1.165, 1.54) is 14.8 Å². The van der Waals surface area contributed by atoms with Crippen molar-refractivity contribution in [3.63, 3.8) is 0 Å². The van der Waals surface area contributed by atoms with Gasteiger partial charge in [-0.1, -0.05) is 27.4 Å². The molecule has 5 rings (SSSR count). The Labute approximate surface area is 217 Å². The minimum atomic E-state index is -4.48. The SMILES string of the molecule is O=c1[nH]nc(Cc2cccc(C(=C3CC3)N3CCN(c4ncc(C(F)(F)F)cn4)CC3)c2)cc1C(F)(F)P. The summed E-state index contributed by atoms with van der Waals surface area (Å²) in [5, 5.41) is 6.09. The van der Waals surface area contributed by atoms with Crippen molar-refractivity contribution >= 4 is 20.9 Å². The molecule has 1 saturated heterocycles. The van der Waals surface area contributed by atoms with Crippen molar-refractivity contribution in [3.05, 3.63) is 86.6 Å². The lowest BCUT2D eigenvalue weighted by Gasteiger charge is -2.37. The summed E-state index contributed by atoms with van der Waals surface area (Å²) in [4.78, 5) is 23.7. The molecule has 0 bridgehead atoms. The highest BCUT2D eigenvalue weighted by Gasteiger charge is 2.32. The van der Waals surface area contributed by atoms with Crippen LogP contribution in [0.2, 0.25) is 0 Å². The summed E-state index contributed by atoms with van der Waals surface area (Å²) in [6.45, 7) is 2.38. The number of nitrogens with zero attached hydrogens (tertiary/aromatic N) is 5. The third kappa shape index (κ3) is 5.85. The molecule has 0 radical (unpaired) electrons. The predicted octanol–water partition coefficient (Wildman–Crippen LogP) is 4.42. The molecule has 1 atom stereocenters. The van der Waals surface area contributed by atoms with E-state index in [0.717, 1.165) is 48.1 Å². The molecular weight excluding hydrogens is 526 g/mol. The van der Waals surface area contributed by atoms with Gasteiger partial charge in [0.05, 0.1) is 16.8 Å². The molecule has 13 heteroatoms. The molecule has 0 amide bonds. The van der Waals surface area contributed by atoms with Gasteiger partial charge < -0.3 is 9.80 Å². The maximum absolute atomic E-state index is 13.8. The topological polar surface area (TPSA) is 78.0 Å². The number of H-pyrrole nitrogens is 1. The lowest BCUT2D eigenvalue weighted by molar-refractivity contribution is -0.138. The van der Waals surface area contributed by atoms with E-state index in [1.54, 1.807) is 0 Å². The average Bonchev–Trinajstić information content (AvgIpc) is 3.70. The van der Waals surface area contributed by atoms with Crippen LogP contribution in [0, 0.1) is 0 Å². The fourth-order valence-corrected chi connectivity index (χ4v) is 4.71. The number of anilines is 1. The van der Waals surface area contributed by atoms with E-state index in [0.29, 0.717) is 31.9 Å². The zero-order valence-corrected chi connectivity index (χ0v) is 21.3. The Morgan fingerprint density at radius 1 is 1.00 bits per heavy atom. The van der Waals surface area contributed by atoms with Crippen LogP contribution in [-0.2, 0) is 18.3 Å². The van der Waals surface area contributed by atoms with Crippen molar-refractivity contribution in [2.75, 3.05) is 31.1 Å². The van der Waals surface area contributed by atoms with Crippen LogP contribution < -0.4 is 10.5 Å². The van der Waals surface area contributed by atoms with E-state index in [2.05, 4.69) is 25.1 Å². The number of nitrogens with one attached hydrogen (secondary N) is 1. The molecule has 2 aromatic heterocycles. The van der Waals surface area contributed by atoms with Gasteiger partial charge in [-0.15, -0.1) is 0 Å². The highest BCUT2D eigenvalue weighted by atomic mass is 31.0. The van der Waals surface area contributed by atoms with Crippen molar-refractivity contribution < 1.29 is 22.0 Å². The number of halogens is 5. The molecule has 1 unspecified atom stereocenters. The van der Waals surface area contributed by atoms with E-state index < -0.39 is 28.5 Å². The van der Waals surface area contributed by atoms with E-state index in [1.807, 2.05) is 29.2 Å².